The number of hydrogen-bond donors (Lipinski definition) is 2. The molecule has 1 aliphatic heterocycles. The summed E-state index contributed by atoms with van der Waals surface area (Å²) in [5.41, 5.74) is 4.36. The lowest BCUT2D eigenvalue weighted by molar-refractivity contribution is 0.206. The second-order valence-corrected chi connectivity index (χ2v) is 7.02. The topological polar surface area (TPSA) is 56.4 Å². The average Bonchev–Trinajstić information content (AvgIpc) is 3.38. The molecule has 1 fully saturated rings. The van der Waals surface area contributed by atoms with Gasteiger partial charge in [-0.15, -0.1) is 0 Å². The maximum atomic E-state index is 5.50. The normalized spacial score (nSPS) is 16.2. The third-order valence-corrected chi connectivity index (χ3v) is 5.14. The summed E-state index contributed by atoms with van der Waals surface area (Å²) in [4.78, 5) is 14.0. The molecule has 1 aromatic carbocycles. The number of H-pyrrole nitrogens is 2. The Morgan fingerprint density at radius 3 is 2.63 bits per heavy atom. The van der Waals surface area contributed by atoms with Crippen molar-refractivity contribution in [3.8, 4) is 17.1 Å². The molecule has 1 saturated heterocycles. The van der Waals surface area contributed by atoms with Gasteiger partial charge in [0.2, 0.25) is 0 Å². The van der Waals surface area contributed by atoms with E-state index in [0.717, 1.165) is 55.3 Å². The van der Waals surface area contributed by atoms with Crippen LogP contribution in [0.1, 0.15) is 24.1 Å². The molecule has 1 aliphatic rings. The van der Waals surface area contributed by atoms with Crippen molar-refractivity contribution < 1.29 is 4.74 Å². The van der Waals surface area contributed by atoms with Crippen molar-refractivity contribution in [2.45, 2.75) is 25.4 Å². The van der Waals surface area contributed by atoms with Crippen LogP contribution < -0.4 is 4.74 Å². The van der Waals surface area contributed by atoms with E-state index in [1.807, 2.05) is 30.6 Å². The Morgan fingerprint density at radius 1 is 1.11 bits per heavy atom. The first-order valence-electron chi connectivity index (χ1n) is 9.52. The lowest BCUT2D eigenvalue weighted by Gasteiger charge is -2.30. The van der Waals surface area contributed by atoms with Gasteiger partial charge in [-0.2, -0.15) is 0 Å². The number of ether oxygens (including phenoxy) is 1. The molecule has 5 nitrogen and oxygen atoms in total. The van der Waals surface area contributed by atoms with Crippen LogP contribution in [0.5, 0.6) is 5.75 Å². The molecule has 0 spiro atoms. The molecule has 3 heterocycles. The Hall–Kier alpha value is -2.79. The van der Waals surface area contributed by atoms with Crippen LogP contribution in [0.25, 0.3) is 11.4 Å². The van der Waals surface area contributed by atoms with Crippen molar-refractivity contribution in [2.75, 3.05) is 20.2 Å². The number of aliphatic imine (C=N–C) groups is 1. The second kappa shape index (κ2) is 8.27. The van der Waals surface area contributed by atoms with Crippen LogP contribution in [-0.2, 0) is 6.54 Å². The third-order valence-electron chi connectivity index (χ3n) is 5.14. The van der Waals surface area contributed by atoms with Gasteiger partial charge in [0.1, 0.15) is 5.75 Å². The average molecular weight is 362 g/mol. The van der Waals surface area contributed by atoms with Gasteiger partial charge >= 0.3 is 0 Å². The van der Waals surface area contributed by atoms with Crippen LogP contribution >= 0.6 is 0 Å². The summed E-state index contributed by atoms with van der Waals surface area (Å²) >= 11 is 0. The van der Waals surface area contributed by atoms with Crippen LogP contribution in [0.2, 0.25) is 0 Å². The number of aromatic nitrogens is 2. The van der Waals surface area contributed by atoms with Crippen LogP contribution in [0.4, 0.5) is 0 Å². The molecule has 3 aromatic rings. The smallest absolute Gasteiger partial charge is 0.146 e. The number of methoxy groups -OCH3 is 1. The molecule has 140 valence electrons. The molecule has 0 aliphatic carbocycles. The Balaban J connectivity index is 1.35. The van der Waals surface area contributed by atoms with Gasteiger partial charge in [0.15, 0.2) is 0 Å². The number of piperidine rings is 1. The first-order chi connectivity index (χ1) is 13.3. The number of aromatic amines is 2. The van der Waals surface area contributed by atoms with Crippen molar-refractivity contribution in [3.05, 3.63) is 66.0 Å². The summed E-state index contributed by atoms with van der Waals surface area (Å²) in [6, 6.07) is 17.1. The molecule has 2 N–H and O–H groups in total. The number of benzene rings is 1. The fourth-order valence-corrected chi connectivity index (χ4v) is 3.61. The lowest BCUT2D eigenvalue weighted by atomic mass is 10.0. The highest BCUT2D eigenvalue weighted by molar-refractivity contribution is 5.83. The summed E-state index contributed by atoms with van der Waals surface area (Å²) in [6.07, 6.45) is 6.04. The Kier molecular flexibility index (Phi) is 5.39. The standard InChI is InChI=1S/C22H26N4O/c1-27-22-14-20(19-8-5-11-23-19)25-21(22)15-24-18-9-12-26(13-10-18)16-17-6-3-2-4-7-17/h2-8,11,14-15,18,23,25H,9-10,12-13,16H2,1H3. The summed E-state index contributed by atoms with van der Waals surface area (Å²) in [5, 5.41) is 0. The fourth-order valence-electron chi connectivity index (χ4n) is 3.61. The summed E-state index contributed by atoms with van der Waals surface area (Å²) in [5.74, 6) is 0.824. The summed E-state index contributed by atoms with van der Waals surface area (Å²) < 4.78 is 5.50. The zero-order valence-corrected chi connectivity index (χ0v) is 15.7. The molecule has 0 saturated carbocycles. The number of likely N-dealkylation sites (tertiary alicyclic amines) is 1. The van der Waals surface area contributed by atoms with Gasteiger partial charge in [0.25, 0.3) is 0 Å². The molecule has 4 rings (SSSR count). The highest BCUT2D eigenvalue weighted by Crippen LogP contribution is 2.25. The molecular formula is C22H26N4O. The summed E-state index contributed by atoms with van der Waals surface area (Å²) in [6.45, 7) is 3.21. The first kappa shape index (κ1) is 17.6. The van der Waals surface area contributed by atoms with Gasteiger partial charge < -0.3 is 14.7 Å². The van der Waals surface area contributed by atoms with E-state index in [-0.39, 0.29) is 0 Å². The third kappa shape index (κ3) is 4.31. The minimum Gasteiger partial charge on any atom is -0.494 e. The highest BCUT2D eigenvalue weighted by Gasteiger charge is 2.18. The molecule has 27 heavy (non-hydrogen) atoms. The Morgan fingerprint density at radius 2 is 1.93 bits per heavy atom. The molecule has 0 amide bonds. The zero-order chi connectivity index (χ0) is 18.5. The molecule has 2 aromatic heterocycles. The largest absolute Gasteiger partial charge is 0.494 e. The molecule has 0 radical (unpaired) electrons. The fraction of sp³-hybridized carbons (Fsp3) is 0.318. The van der Waals surface area contributed by atoms with E-state index in [1.165, 1.54) is 5.56 Å². The Labute approximate surface area is 160 Å². The van der Waals surface area contributed by atoms with Gasteiger partial charge in [0, 0.05) is 38.1 Å². The number of rotatable bonds is 6. The molecule has 5 heteroatoms. The predicted molar refractivity (Wildman–Crippen MR) is 109 cm³/mol. The van der Waals surface area contributed by atoms with E-state index >= 15 is 0 Å². The maximum absolute atomic E-state index is 5.50. The van der Waals surface area contributed by atoms with E-state index in [4.69, 9.17) is 9.73 Å². The minimum atomic E-state index is 0.374. The van der Waals surface area contributed by atoms with Gasteiger partial charge in [-0.25, -0.2) is 0 Å². The quantitative estimate of drug-likeness (QED) is 0.649. The predicted octanol–water partition coefficient (Wildman–Crippen LogP) is 4.10. The van der Waals surface area contributed by atoms with Crippen molar-refractivity contribution in [1.82, 2.24) is 14.9 Å². The molecule has 0 unspecified atom stereocenters. The van der Waals surface area contributed by atoms with E-state index < -0.39 is 0 Å². The van der Waals surface area contributed by atoms with Crippen molar-refractivity contribution in [1.29, 1.82) is 0 Å². The van der Waals surface area contributed by atoms with Crippen LogP contribution in [0.15, 0.2) is 59.7 Å². The first-order valence-corrected chi connectivity index (χ1v) is 9.52. The van der Waals surface area contributed by atoms with E-state index in [2.05, 4.69) is 45.2 Å². The summed E-state index contributed by atoms with van der Waals surface area (Å²) in [7, 11) is 1.70. The Bertz CT molecular complexity index is 859. The van der Waals surface area contributed by atoms with E-state index in [9.17, 15) is 0 Å². The minimum absolute atomic E-state index is 0.374. The van der Waals surface area contributed by atoms with Gasteiger partial charge in [-0.1, -0.05) is 30.3 Å². The molecule has 0 bridgehead atoms. The maximum Gasteiger partial charge on any atom is 0.146 e. The van der Waals surface area contributed by atoms with Gasteiger partial charge in [0.05, 0.1) is 30.2 Å². The SMILES string of the molecule is COc1cc(-c2ccc[nH]2)[nH]c1C=NC1CCN(Cc2ccccc2)CC1. The molecule has 0 atom stereocenters. The zero-order valence-electron chi connectivity index (χ0n) is 15.7. The van der Waals surface area contributed by atoms with Crippen molar-refractivity contribution >= 4 is 6.21 Å². The number of nitrogens with one attached hydrogen (secondary N) is 2. The van der Waals surface area contributed by atoms with Crippen LogP contribution in [-0.4, -0.2) is 47.3 Å². The highest BCUT2D eigenvalue weighted by atomic mass is 16.5. The van der Waals surface area contributed by atoms with E-state index in [0.29, 0.717) is 6.04 Å². The molecular weight excluding hydrogens is 336 g/mol. The van der Waals surface area contributed by atoms with Crippen LogP contribution in [0, 0.1) is 0 Å². The lowest BCUT2D eigenvalue weighted by Crippen LogP contribution is -2.34. The van der Waals surface area contributed by atoms with E-state index in [1.54, 1.807) is 7.11 Å². The number of nitrogens with zero attached hydrogens (tertiary/aromatic N) is 2. The van der Waals surface area contributed by atoms with Crippen LogP contribution in [0.3, 0.4) is 0 Å². The number of hydrogen-bond acceptors (Lipinski definition) is 3. The monoisotopic (exact) mass is 362 g/mol. The van der Waals surface area contributed by atoms with Crippen molar-refractivity contribution in [3.63, 3.8) is 0 Å². The van der Waals surface area contributed by atoms with Gasteiger partial charge in [-0.3, -0.25) is 9.89 Å². The second-order valence-electron chi connectivity index (χ2n) is 7.02. The van der Waals surface area contributed by atoms with Gasteiger partial charge in [-0.05, 0) is 30.5 Å². The van der Waals surface area contributed by atoms with Crippen molar-refractivity contribution in [2.24, 2.45) is 4.99 Å².